The van der Waals surface area contributed by atoms with Crippen molar-refractivity contribution < 1.29 is 17.6 Å². The molecule has 0 amide bonds. The van der Waals surface area contributed by atoms with Gasteiger partial charge in [0.25, 0.3) is 0 Å². The number of benzene rings is 1. The largest absolute Gasteiger partial charge is 0.401 e. The zero-order valence-corrected chi connectivity index (χ0v) is 11.8. The number of hydrogen-bond acceptors (Lipinski definition) is 2. The molecule has 0 radical (unpaired) electrons. The topological polar surface area (TPSA) is 15.3 Å². The molecule has 0 saturated carbocycles. The Labute approximate surface area is 122 Å². The second-order valence-electron chi connectivity index (χ2n) is 5.62. The van der Waals surface area contributed by atoms with Gasteiger partial charge in [-0.25, -0.2) is 4.39 Å². The zero-order chi connectivity index (χ0) is 15.3. The fraction of sp³-hybridized carbons (Fsp3) is 0.600. The summed E-state index contributed by atoms with van der Waals surface area (Å²) in [5.74, 6) is -0.0202. The van der Waals surface area contributed by atoms with Gasteiger partial charge in [-0.2, -0.15) is 13.2 Å². The van der Waals surface area contributed by atoms with Crippen LogP contribution in [0.5, 0.6) is 0 Å². The smallest absolute Gasteiger partial charge is 0.308 e. The molecule has 2 nitrogen and oxygen atoms in total. The maximum atomic E-state index is 12.8. The predicted octanol–water partition coefficient (Wildman–Crippen LogP) is 3.19. The third-order valence-electron chi connectivity index (χ3n) is 3.68. The Bertz CT molecular complexity index is 430. The molecule has 1 aliphatic rings. The Morgan fingerprint density at radius 2 is 1.90 bits per heavy atom. The lowest BCUT2D eigenvalue weighted by Crippen LogP contribution is -2.41. The summed E-state index contributed by atoms with van der Waals surface area (Å²) >= 11 is 0. The number of nitrogens with one attached hydrogen (secondary N) is 1. The summed E-state index contributed by atoms with van der Waals surface area (Å²) in [4.78, 5) is 2.22. The number of nitrogens with zero attached hydrogens (tertiary/aromatic N) is 1. The van der Waals surface area contributed by atoms with Crippen LogP contribution in [0, 0.1) is 11.7 Å². The SMILES string of the molecule is Fc1ccc(CN2CCCC(CNCC(F)(F)F)C2)cc1. The van der Waals surface area contributed by atoms with Gasteiger partial charge < -0.3 is 5.32 Å². The second kappa shape index (κ2) is 7.22. The number of likely N-dealkylation sites (tertiary alicyclic amines) is 1. The molecule has 118 valence electrons. The van der Waals surface area contributed by atoms with Crippen LogP contribution < -0.4 is 5.32 Å². The van der Waals surface area contributed by atoms with Crippen molar-refractivity contribution >= 4 is 0 Å². The summed E-state index contributed by atoms with van der Waals surface area (Å²) in [7, 11) is 0. The lowest BCUT2D eigenvalue weighted by atomic mass is 9.97. The van der Waals surface area contributed by atoms with Gasteiger partial charge in [0.15, 0.2) is 0 Å². The normalized spacial score (nSPS) is 20.7. The van der Waals surface area contributed by atoms with Crippen LogP contribution in [-0.4, -0.2) is 37.3 Å². The first kappa shape index (κ1) is 16.2. The first-order chi connectivity index (χ1) is 9.92. The molecule has 1 aromatic carbocycles. The van der Waals surface area contributed by atoms with Gasteiger partial charge in [-0.05, 0) is 49.5 Å². The second-order valence-corrected chi connectivity index (χ2v) is 5.62. The van der Waals surface area contributed by atoms with E-state index in [0.717, 1.165) is 38.0 Å². The minimum atomic E-state index is -4.15. The van der Waals surface area contributed by atoms with Crippen LogP contribution in [0.4, 0.5) is 17.6 Å². The van der Waals surface area contributed by atoms with E-state index in [1.54, 1.807) is 12.1 Å². The van der Waals surface area contributed by atoms with E-state index < -0.39 is 12.7 Å². The van der Waals surface area contributed by atoms with Crippen LogP contribution in [0.15, 0.2) is 24.3 Å². The average molecular weight is 304 g/mol. The highest BCUT2D eigenvalue weighted by atomic mass is 19.4. The van der Waals surface area contributed by atoms with Crippen molar-refractivity contribution in [2.45, 2.75) is 25.6 Å². The average Bonchev–Trinajstić information content (AvgIpc) is 2.40. The van der Waals surface area contributed by atoms with Crippen molar-refractivity contribution in [1.82, 2.24) is 10.2 Å². The van der Waals surface area contributed by atoms with Gasteiger partial charge in [-0.15, -0.1) is 0 Å². The molecular formula is C15H20F4N2. The summed E-state index contributed by atoms with van der Waals surface area (Å²) in [6, 6.07) is 6.37. The first-order valence-electron chi connectivity index (χ1n) is 7.16. The molecule has 0 spiro atoms. The summed E-state index contributed by atoms with van der Waals surface area (Å²) < 4.78 is 49.2. The maximum Gasteiger partial charge on any atom is 0.401 e. The lowest BCUT2D eigenvalue weighted by molar-refractivity contribution is -0.125. The van der Waals surface area contributed by atoms with Gasteiger partial charge >= 0.3 is 6.18 Å². The monoisotopic (exact) mass is 304 g/mol. The molecule has 1 unspecified atom stereocenters. The van der Waals surface area contributed by atoms with E-state index in [9.17, 15) is 17.6 Å². The number of hydrogen-bond donors (Lipinski definition) is 1. The van der Waals surface area contributed by atoms with Gasteiger partial charge in [0.2, 0.25) is 0 Å². The molecule has 21 heavy (non-hydrogen) atoms. The summed E-state index contributed by atoms with van der Waals surface area (Å²) in [6.07, 6.45) is -2.22. The highest BCUT2D eigenvalue weighted by molar-refractivity contribution is 5.15. The van der Waals surface area contributed by atoms with E-state index in [1.165, 1.54) is 12.1 Å². The molecule has 1 fully saturated rings. The third-order valence-corrected chi connectivity index (χ3v) is 3.68. The molecule has 1 aliphatic heterocycles. The Balaban J connectivity index is 1.76. The van der Waals surface area contributed by atoms with Crippen molar-refractivity contribution in [2.24, 2.45) is 5.92 Å². The van der Waals surface area contributed by atoms with E-state index in [1.807, 2.05) is 0 Å². The maximum absolute atomic E-state index is 12.8. The Kier molecular flexibility index (Phi) is 5.58. The van der Waals surface area contributed by atoms with Gasteiger partial charge in [-0.1, -0.05) is 12.1 Å². The van der Waals surface area contributed by atoms with E-state index in [4.69, 9.17) is 0 Å². The van der Waals surface area contributed by atoms with Gasteiger partial charge in [-0.3, -0.25) is 4.90 Å². The van der Waals surface area contributed by atoms with E-state index in [2.05, 4.69) is 10.2 Å². The Hall–Kier alpha value is -1.14. The molecule has 6 heteroatoms. The van der Waals surface area contributed by atoms with Gasteiger partial charge in [0.05, 0.1) is 6.54 Å². The van der Waals surface area contributed by atoms with Crippen molar-refractivity contribution in [3.8, 4) is 0 Å². The van der Waals surface area contributed by atoms with Gasteiger partial charge in [0.1, 0.15) is 5.82 Å². The number of alkyl halides is 3. The van der Waals surface area contributed by atoms with Crippen LogP contribution in [-0.2, 0) is 6.54 Å². The Morgan fingerprint density at radius 3 is 2.57 bits per heavy atom. The standard InChI is InChI=1S/C15H20F4N2/c16-14-5-3-12(4-6-14)9-21-7-1-2-13(10-21)8-20-11-15(17,18)19/h3-6,13,20H,1-2,7-11H2. The molecule has 0 aromatic heterocycles. The van der Waals surface area contributed by atoms with Crippen LogP contribution in [0.25, 0.3) is 0 Å². The van der Waals surface area contributed by atoms with Gasteiger partial charge in [0, 0.05) is 13.1 Å². The number of piperidine rings is 1. The molecule has 0 aliphatic carbocycles. The molecular weight excluding hydrogens is 284 g/mol. The van der Waals surface area contributed by atoms with Crippen molar-refractivity contribution in [3.63, 3.8) is 0 Å². The highest BCUT2D eigenvalue weighted by Crippen LogP contribution is 2.19. The molecule has 1 atom stereocenters. The van der Waals surface area contributed by atoms with E-state index >= 15 is 0 Å². The summed E-state index contributed by atoms with van der Waals surface area (Å²) in [5, 5.41) is 2.49. The van der Waals surface area contributed by atoms with Crippen molar-refractivity contribution in [2.75, 3.05) is 26.2 Å². The quantitative estimate of drug-likeness (QED) is 0.841. The van der Waals surface area contributed by atoms with E-state index in [-0.39, 0.29) is 11.7 Å². The lowest BCUT2D eigenvalue weighted by Gasteiger charge is -2.33. The highest BCUT2D eigenvalue weighted by Gasteiger charge is 2.27. The fourth-order valence-corrected chi connectivity index (χ4v) is 2.73. The van der Waals surface area contributed by atoms with Crippen LogP contribution >= 0.6 is 0 Å². The summed E-state index contributed by atoms with van der Waals surface area (Å²) in [5.41, 5.74) is 1.03. The fourth-order valence-electron chi connectivity index (χ4n) is 2.73. The zero-order valence-electron chi connectivity index (χ0n) is 11.8. The van der Waals surface area contributed by atoms with Crippen molar-refractivity contribution in [3.05, 3.63) is 35.6 Å². The molecule has 1 heterocycles. The number of halogens is 4. The molecule has 1 N–H and O–H groups in total. The molecule has 0 bridgehead atoms. The number of rotatable bonds is 5. The molecule has 2 rings (SSSR count). The molecule has 1 aromatic rings. The predicted molar refractivity (Wildman–Crippen MR) is 73.3 cm³/mol. The van der Waals surface area contributed by atoms with Crippen LogP contribution in [0.2, 0.25) is 0 Å². The van der Waals surface area contributed by atoms with Crippen molar-refractivity contribution in [1.29, 1.82) is 0 Å². The third kappa shape index (κ3) is 6.01. The minimum Gasteiger partial charge on any atom is -0.308 e. The molecule has 1 saturated heterocycles. The summed E-state index contributed by atoms with van der Waals surface area (Å²) in [6.45, 7) is 1.90. The first-order valence-corrected chi connectivity index (χ1v) is 7.16. The Morgan fingerprint density at radius 1 is 1.19 bits per heavy atom. The minimum absolute atomic E-state index is 0.238. The van der Waals surface area contributed by atoms with E-state index in [0.29, 0.717) is 6.54 Å². The van der Waals surface area contributed by atoms with Crippen LogP contribution in [0.1, 0.15) is 18.4 Å². The van der Waals surface area contributed by atoms with Crippen LogP contribution in [0.3, 0.4) is 0 Å².